The topological polar surface area (TPSA) is 12.4 Å². The number of rotatable bonds is 1. The number of hydrogen-bond acceptors (Lipinski definition) is 1. The molecule has 0 saturated heterocycles. The summed E-state index contributed by atoms with van der Waals surface area (Å²) in [5.74, 6) is 0. The van der Waals surface area contributed by atoms with Crippen LogP contribution in [0.2, 0.25) is 0 Å². The van der Waals surface area contributed by atoms with Crippen LogP contribution in [-0.4, -0.2) is 6.21 Å². The Hall–Kier alpha value is -0.850. The zero-order valence-electron chi connectivity index (χ0n) is 11.3. The van der Waals surface area contributed by atoms with E-state index in [9.17, 15) is 0 Å². The third-order valence-electron chi connectivity index (χ3n) is 0.718. The molecule has 0 aliphatic rings. The van der Waals surface area contributed by atoms with E-state index in [1.807, 2.05) is 73.6 Å². The number of allylic oxidation sites excluding steroid dienone is 3. The molecule has 0 aliphatic heterocycles. The molecule has 0 aromatic heterocycles. The molecule has 14 heavy (non-hydrogen) atoms. The Bertz CT molecular complexity index is 96.4. The molecule has 86 valence electrons. The van der Waals surface area contributed by atoms with Crippen molar-refractivity contribution in [1.29, 1.82) is 0 Å². The lowest BCUT2D eigenvalue weighted by Gasteiger charge is -1.64. The minimum absolute atomic E-state index is 1.75. The first kappa shape index (κ1) is 23.2. The highest BCUT2D eigenvalue weighted by Gasteiger charge is 1.48. The molecule has 0 atom stereocenters. The molecule has 0 aromatic carbocycles. The van der Waals surface area contributed by atoms with Gasteiger partial charge in [0.05, 0.1) is 0 Å². The molecule has 0 N–H and O–H groups in total. The van der Waals surface area contributed by atoms with Crippen molar-refractivity contribution in [2.24, 2.45) is 4.99 Å². The smallest absolute Gasteiger partial charge is 0.0221 e. The van der Waals surface area contributed by atoms with E-state index in [0.29, 0.717) is 0 Å². The van der Waals surface area contributed by atoms with Gasteiger partial charge in [-0.1, -0.05) is 45.9 Å². The van der Waals surface area contributed by atoms with Gasteiger partial charge in [-0.05, 0) is 27.7 Å². The SMILES string of the molecule is C/C=C\C.CC.CC.CC=N/C=C\C. The average molecular weight is 199 g/mol. The van der Waals surface area contributed by atoms with E-state index >= 15 is 0 Å². The van der Waals surface area contributed by atoms with Crippen LogP contribution in [0.15, 0.2) is 29.4 Å². The van der Waals surface area contributed by atoms with Gasteiger partial charge in [0.25, 0.3) is 0 Å². The molecule has 0 aromatic rings. The highest BCUT2D eigenvalue weighted by atomic mass is 14.6. The standard InChI is InChI=1S/C5H9N.C4H8.2C2H6/c1-3-5-6-4-2;1-3-4-2;2*1-2/h3-5H,1-2H3;3-4H,1-2H3;2*1-2H3/b5-3-,6-4?;4-3-;;. The number of nitrogens with zero attached hydrogens (tertiary/aromatic N) is 1. The molecule has 0 saturated carbocycles. The largest absolute Gasteiger partial charge is 0.270 e. The summed E-state index contributed by atoms with van der Waals surface area (Å²) in [6.45, 7) is 15.8. The van der Waals surface area contributed by atoms with Crippen molar-refractivity contribution in [1.82, 2.24) is 0 Å². The molecule has 0 fully saturated rings. The Labute approximate surface area is 91.7 Å². The second-order valence-corrected chi connectivity index (χ2v) is 1.56. The summed E-state index contributed by atoms with van der Waals surface area (Å²) in [4.78, 5) is 3.78. The van der Waals surface area contributed by atoms with Crippen molar-refractivity contribution in [2.75, 3.05) is 0 Å². The van der Waals surface area contributed by atoms with Crippen LogP contribution in [0, 0.1) is 0 Å². The summed E-state index contributed by atoms with van der Waals surface area (Å²) >= 11 is 0. The van der Waals surface area contributed by atoms with E-state index in [2.05, 4.69) is 4.99 Å². The Morgan fingerprint density at radius 3 is 1.07 bits per heavy atom. The first-order valence-electron chi connectivity index (χ1n) is 5.49. The predicted molar refractivity (Wildman–Crippen MR) is 72.2 cm³/mol. The Morgan fingerprint density at radius 2 is 1.00 bits per heavy atom. The fourth-order valence-corrected chi connectivity index (χ4v) is 0.172. The van der Waals surface area contributed by atoms with Gasteiger partial charge < -0.3 is 0 Å². The molecule has 0 amide bonds. The van der Waals surface area contributed by atoms with Crippen LogP contribution >= 0.6 is 0 Å². The van der Waals surface area contributed by atoms with E-state index in [-0.39, 0.29) is 0 Å². The lowest BCUT2D eigenvalue weighted by atomic mass is 10.6. The summed E-state index contributed by atoms with van der Waals surface area (Å²) in [6, 6.07) is 0. The molecule has 0 heterocycles. The van der Waals surface area contributed by atoms with Crippen molar-refractivity contribution in [3.8, 4) is 0 Å². The molecule has 0 aliphatic carbocycles. The maximum Gasteiger partial charge on any atom is 0.0221 e. The van der Waals surface area contributed by atoms with E-state index < -0.39 is 0 Å². The summed E-state index contributed by atoms with van der Waals surface area (Å²) in [5.41, 5.74) is 0. The normalized spacial score (nSPS) is 8.57. The molecule has 1 nitrogen and oxygen atoms in total. The van der Waals surface area contributed by atoms with E-state index in [1.54, 1.807) is 12.4 Å². The Balaban J connectivity index is -0.0000000546. The van der Waals surface area contributed by atoms with Gasteiger partial charge in [0, 0.05) is 12.4 Å². The fourth-order valence-electron chi connectivity index (χ4n) is 0.172. The first-order chi connectivity index (χ1) is 6.83. The van der Waals surface area contributed by atoms with Gasteiger partial charge >= 0.3 is 0 Å². The third kappa shape index (κ3) is 116. The van der Waals surface area contributed by atoms with E-state index in [1.165, 1.54) is 0 Å². The van der Waals surface area contributed by atoms with Gasteiger partial charge in [0.1, 0.15) is 0 Å². The molecule has 1 heteroatoms. The molecule has 0 bridgehead atoms. The van der Waals surface area contributed by atoms with Crippen LogP contribution in [0.5, 0.6) is 0 Å². The summed E-state index contributed by atoms with van der Waals surface area (Å²) in [6.07, 6.45) is 9.39. The molecular formula is C13H29N. The van der Waals surface area contributed by atoms with Gasteiger partial charge in [-0.15, -0.1) is 0 Å². The molecular weight excluding hydrogens is 170 g/mol. The summed E-state index contributed by atoms with van der Waals surface area (Å²) in [5, 5.41) is 0. The second-order valence-electron chi connectivity index (χ2n) is 1.56. The second kappa shape index (κ2) is 57.0. The Kier molecular flexibility index (Phi) is 94.3. The van der Waals surface area contributed by atoms with Crippen molar-refractivity contribution >= 4 is 6.21 Å². The van der Waals surface area contributed by atoms with Gasteiger partial charge in [-0.3, -0.25) is 4.99 Å². The summed E-state index contributed by atoms with van der Waals surface area (Å²) in [7, 11) is 0. The number of hydrogen-bond donors (Lipinski definition) is 0. The average Bonchev–Trinajstić information content (AvgIpc) is 2.32. The van der Waals surface area contributed by atoms with Gasteiger partial charge in [-0.25, -0.2) is 0 Å². The molecule has 0 rings (SSSR count). The van der Waals surface area contributed by atoms with Crippen molar-refractivity contribution in [2.45, 2.75) is 55.4 Å². The van der Waals surface area contributed by atoms with Crippen LogP contribution in [0.1, 0.15) is 55.4 Å². The maximum absolute atomic E-state index is 3.78. The minimum atomic E-state index is 1.75. The zero-order valence-corrected chi connectivity index (χ0v) is 11.3. The van der Waals surface area contributed by atoms with Crippen LogP contribution in [0.25, 0.3) is 0 Å². The highest BCUT2D eigenvalue weighted by molar-refractivity contribution is 5.54. The van der Waals surface area contributed by atoms with Crippen LogP contribution in [0.4, 0.5) is 0 Å². The predicted octanol–water partition coefficient (Wildman–Crippen LogP) is 5.25. The molecule has 0 unspecified atom stereocenters. The van der Waals surface area contributed by atoms with E-state index in [4.69, 9.17) is 0 Å². The molecule has 0 spiro atoms. The van der Waals surface area contributed by atoms with Crippen molar-refractivity contribution in [3.63, 3.8) is 0 Å². The lowest BCUT2D eigenvalue weighted by Crippen LogP contribution is -1.49. The highest BCUT2D eigenvalue weighted by Crippen LogP contribution is 1.67. The zero-order chi connectivity index (χ0) is 12.2. The van der Waals surface area contributed by atoms with Crippen molar-refractivity contribution < 1.29 is 0 Å². The summed E-state index contributed by atoms with van der Waals surface area (Å²) < 4.78 is 0. The number of aliphatic imine (C=N–C) groups is 1. The van der Waals surface area contributed by atoms with Crippen LogP contribution in [0.3, 0.4) is 0 Å². The lowest BCUT2D eigenvalue weighted by molar-refractivity contribution is 1.50. The Morgan fingerprint density at radius 1 is 0.643 bits per heavy atom. The fraction of sp³-hybridized carbons (Fsp3) is 0.615. The van der Waals surface area contributed by atoms with Gasteiger partial charge in [-0.2, -0.15) is 0 Å². The van der Waals surface area contributed by atoms with Crippen LogP contribution in [-0.2, 0) is 0 Å². The maximum atomic E-state index is 3.78. The van der Waals surface area contributed by atoms with Gasteiger partial charge in [0.15, 0.2) is 0 Å². The third-order valence-corrected chi connectivity index (χ3v) is 0.718. The minimum Gasteiger partial charge on any atom is -0.270 e. The van der Waals surface area contributed by atoms with Crippen molar-refractivity contribution in [3.05, 3.63) is 24.4 Å². The first-order valence-corrected chi connectivity index (χ1v) is 5.49. The van der Waals surface area contributed by atoms with E-state index in [0.717, 1.165) is 0 Å². The molecule has 0 radical (unpaired) electrons. The van der Waals surface area contributed by atoms with Gasteiger partial charge in [0.2, 0.25) is 0 Å². The van der Waals surface area contributed by atoms with Crippen LogP contribution < -0.4 is 0 Å². The monoisotopic (exact) mass is 199 g/mol. The quantitative estimate of drug-likeness (QED) is 0.404.